The molecule has 1 aliphatic heterocycles. The Hall–Kier alpha value is -3.04. The van der Waals surface area contributed by atoms with E-state index in [0.29, 0.717) is 31.0 Å². The van der Waals surface area contributed by atoms with E-state index in [1.165, 1.54) is 26.2 Å². The predicted octanol–water partition coefficient (Wildman–Crippen LogP) is 3.45. The van der Waals surface area contributed by atoms with Crippen molar-refractivity contribution in [2.75, 3.05) is 26.7 Å². The monoisotopic (exact) mass is 503 g/mol. The molecule has 2 aromatic rings. The van der Waals surface area contributed by atoms with E-state index in [9.17, 15) is 23.5 Å². The number of nitrogens with zero attached hydrogens (tertiary/aromatic N) is 1. The van der Waals surface area contributed by atoms with E-state index in [0.717, 1.165) is 17.2 Å². The number of hydrogen-bond donors (Lipinski definition) is 3. The fourth-order valence-corrected chi connectivity index (χ4v) is 4.74. The van der Waals surface area contributed by atoms with Crippen LogP contribution in [-0.2, 0) is 21.5 Å². The van der Waals surface area contributed by atoms with Crippen molar-refractivity contribution < 1.29 is 28.2 Å². The van der Waals surface area contributed by atoms with Crippen molar-refractivity contribution in [1.82, 2.24) is 15.5 Å². The van der Waals surface area contributed by atoms with Gasteiger partial charge in [-0.15, -0.1) is 0 Å². The summed E-state index contributed by atoms with van der Waals surface area (Å²) in [5, 5.41) is 17.2. The van der Waals surface area contributed by atoms with E-state index in [1.54, 1.807) is 4.90 Å². The highest BCUT2D eigenvalue weighted by atomic mass is 19.1. The van der Waals surface area contributed by atoms with Gasteiger partial charge in [-0.1, -0.05) is 38.1 Å². The van der Waals surface area contributed by atoms with Crippen LogP contribution in [-0.4, -0.2) is 60.9 Å². The van der Waals surface area contributed by atoms with Gasteiger partial charge in [0.15, 0.2) is 0 Å². The molecule has 0 aromatic heterocycles. The Labute approximate surface area is 210 Å². The fraction of sp³-hybridized carbons (Fsp3) is 0.481. The average molecular weight is 504 g/mol. The molecule has 1 unspecified atom stereocenters. The Bertz CT molecular complexity index is 1060. The first-order valence-corrected chi connectivity index (χ1v) is 12.1. The summed E-state index contributed by atoms with van der Waals surface area (Å²) in [6.07, 6.45) is -0.863. The molecule has 1 heterocycles. The molecule has 0 spiro atoms. The van der Waals surface area contributed by atoms with Crippen molar-refractivity contribution in [3.63, 3.8) is 0 Å². The highest BCUT2D eigenvalue weighted by Crippen LogP contribution is 2.34. The predicted molar refractivity (Wildman–Crippen MR) is 132 cm³/mol. The molecule has 0 aliphatic carbocycles. The molecule has 2 aromatic carbocycles. The number of rotatable bonds is 9. The van der Waals surface area contributed by atoms with Gasteiger partial charge in [0, 0.05) is 32.6 Å². The number of hydrogen-bond acceptors (Lipinski definition) is 5. The number of carbonyl (C=O) groups excluding carboxylic acids is 2. The zero-order valence-corrected chi connectivity index (χ0v) is 21.2. The molecular weight excluding hydrogens is 468 g/mol. The van der Waals surface area contributed by atoms with E-state index < -0.39 is 35.4 Å². The normalized spacial score (nSPS) is 19.3. The van der Waals surface area contributed by atoms with Crippen LogP contribution in [0.1, 0.15) is 49.8 Å². The Morgan fingerprint density at radius 3 is 2.47 bits per heavy atom. The summed E-state index contributed by atoms with van der Waals surface area (Å²) in [5.74, 6) is -1.51. The Kier molecular flexibility index (Phi) is 9.03. The molecule has 0 saturated carbocycles. The summed E-state index contributed by atoms with van der Waals surface area (Å²) in [7, 11) is 1.34. The maximum atomic E-state index is 13.7. The van der Waals surface area contributed by atoms with E-state index >= 15 is 0 Å². The maximum Gasteiger partial charge on any atom is 0.409 e. The number of methoxy groups -OCH3 is 1. The van der Waals surface area contributed by atoms with Crippen molar-refractivity contribution in [3.05, 3.63) is 70.8 Å². The lowest BCUT2D eigenvalue weighted by Gasteiger charge is -2.34. The lowest BCUT2D eigenvalue weighted by molar-refractivity contribution is -0.120. The molecule has 1 saturated heterocycles. The first-order chi connectivity index (χ1) is 17.0. The third-order valence-electron chi connectivity index (χ3n) is 6.69. The molecule has 2 amide bonds. The minimum atomic E-state index is -1.07. The van der Waals surface area contributed by atoms with Gasteiger partial charge < -0.3 is 25.4 Å². The summed E-state index contributed by atoms with van der Waals surface area (Å²) >= 11 is 0. The number of likely N-dealkylation sites (tertiary alicyclic amines) is 1. The Morgan fingerprint density at radius 1 is 1.17 bits per heavy atom. The Balaban J connectivity index is 1.84. The van der Waals surface area contributed by atoms with Gasteiger partial charge in [-0.25, -0.2) is 13.6 Å². The number of benzene rings is 2. The second kappa shape index (κ2) is 11.8. The quantitative estimate of drug-likeness (QED) is 0.488. The van der Waals surface area contributed by atoms with Crippen molar-refractivity contribution in [3.8, 4) is 0 Å². The summed E-state index contributed by atoms with van der Waals surface area (Å²) in [5.41, 5.74) is 1.80. The van der Waals surface area contributed by atoms with Crippen molar-refractivity contribution in [2.45, 2.75) is 57.2 Å². The van der Waals surface area contributed by atoms with Gasteiger partial charge in [-0.3, -0.25) is 4.79 Å². The van der Waals surface area contributed by atoms with Gasteiger partial charge in [0.05, 0.1) is 24.8 Å². The molecule has 9 heteroatoms. The van der Waals surface area contributed by atoms with Crippen LogP contribution in [0.3, 0.4) is 0 Å². The van der Waals surface area contributed by atoms with Gasteiger partial charge in [0.2, 0.25) is 5.91 Å². The SMILES string of the molecule is COC(=O)N1CCC(NC[C@H](O)[C@@H](Cc2cc(F)cc(F)c2)NC(C)=O)(c2cccc(C(C)C)c2)C1. The van der Waals surface area contributed by atoms with Gasteiger partial charge in [-0.2, -0.15) is 0 Å². The van der Waals surface area contributed by atoms with Crippen LogP contribution < -0.4 is 10.6 Å². The molecular formula is C27H35F2N3O4. The molecule has 36 heavy (non-hydrogen) atoms. The highest BCUT2D eigenvalue weighted by Gasteiger charge is 2.42. The van der Waals surface area contributed by atoms with Crippen LogP contribution in [0.15, 0.2) is 42.5 Å². The zero-order chi connectivity index (χ0) is 26.5. The molecule has 1 fully saturated rings. The third-order valence-corrected chi connectivity index (χ3v) is 6.69. The summed E-state index contributed by atoms with van der Waals surface area (Å²) in [6, 6.07) is 10.5. The molecule has 196 valence electrons. The van der Waals surface area contributed by atoms with Crippen LogP contribution in [0.5, 0.6) is 0 Å². The van der Waals surface area contributed by atoms with E-state index in [-0.39, 0.29) is 18.9 Å². The van der Waals surface area contributed by atoms with E-state index in [2.05, 4.69) is 36.6 Å². The third kappa shape index (κ3) is 6.79. The summed E-state index contributed by atoms with van der Waals surface area (Å²) in [4.78, 5) is 25.7. The molecule has 0 radical (unpaired) electrons. The topological polar surface area (TPSA) is 90.9 Å². The summed E-state index contributed by atoms with van der Waals surface area (Å²) < 4.78 is 32.3. The largest absolute Gasteiger partial charge is 0.453 e. The van der Waals surface area contributed by atoms with Gasteiger partial charge in [0.25, 0.3) is 0 Å². The van der Waals surface area contributed by atoms with Crippen molar-refractivity contribution in [1.29, 1.82) is 0 Å². The average Bonchev–Trinajstić information content (AvgIpc) is 3.26. The molecule has 3 N–H and O–H groups in total. The number of halogens is 2. The van der Waals surface area contributed by atoms with Crippen LogP contribution in [0.25, 0.3) is 0 Å². The molecule has 0 bridgehead atoms. The molecule has 7 nitrogen and oxygen atoms in total. The number of nitrogens with one attached hydrogen (secondary N) is 2. The minimum absolute atomic E-state index is 0.0429. The second-order valence-electron chi connectivity index (χ2n) is 9.74. The second-order valence-corrected chi connectivity index (χ2v) is 9.74. The number of aliphatic hydroxyl groups excluding tert-OH is 1. The lowest BCUT2D eigenvalue weighted by Crippen LogP contribution is -2.53. The smallest absolute Gasteiger partial charge is 0.409 e. The van der Waals surface area contributed by atoms with E-state index in [1.807, 2.05) is 12.1 Å². The molecule has 3 atom stereocenters. The van der Waals surface area contributed by atoms with Crippen LogP contribution in [0.4, 0.5) is 13.6 Å². The van der Waals surface area contributed by atoms with Gasteiger partial charge in [-0.05, 0) is 47.6 Å². The lowest BCUT2D eigenvalue weighted by atomic mass is 9.86. The number of carbonyl (C=O) groups is 2. The van der Waals surface area contributed by atoms with Gasteiger partial charge in [0.1, 0.15) is 11.6 Å². The number of amides is 2. The highest BCUT2D eigenvalue weighted by molar-refractivity contribution is 5.73. The Morgan fingerprint density at radius 2 is 1.86 bits per heavy atom. The van der Waals surface area contributed by atoms with Crippen LogP contribution >= 0.6 is 0 Å². The number of ether oxygens (including phenoxy) is 1. The first-order valence-electron chi connectivity index (χ1n) is 12.1. The van der Waals surface area contributed by atoms with Gasteiger partial charge >= 0.3 is 6.09 Å². The maximum absolute atomic E-state index is 13.7. The zero-order valence-electron chi connectivity index (χ0n) is 21.2. The van der Waals surface area contributed by atoms with E-state index in [4.69, 9.17) is 4.74 Å². The molecule has 3 rings (SSSR count). The van der Waals surface area contributed by atoms with Crippen molar-refractivity contribution >= 4 is 12.0 Å². The number of aliphatic hydroxyl groups is 1. The van der Waals surface area contributed by atoms with Crippen LogP contribution in [0.2, 0.25) is 0 Å². The standard InChI is InChI=1S/C27H35F2N3O4/c1-17(2)20-6-5-7-21(13-20)27(8-9-32(16-27)26(35)36-4)30-15-25(34)24(31-18(3)33)12-19-10-22(28)14-23(29)11-19/h5-7,10-11,13-14,17,24-25,30,34H,8-9,12,15-16H2,1-4H3,(H,31,33)/t24-,25+,27?/m1/s1. The fourth-order valence-electron chi connectivity index (χ4n) is 4.74. The minimum Gasteiger partial charge on any atom is -0.453 e. The molecule has 1 aliphatic rings. The van der Waals surface area contributed by atoms with Crippen LogP contribution in [0, 0.1) is 11.6 Å². The van der Waals surface area contributed by atoms with Crippen molar-refractivity contribution in [2.24, 2.45) is 0 Å². The first kappa shape index (κ1) is 27.5. The summed E-state index contributed by atoms with van der Waals surface area (Å²) in [6.45, 7) is 6.41.